The van der Waals surface area contributed by atoms with Gasteiger partial charge in [0.1, 0.15) is 5.60 Å². The molecule has 1 aromatic rings. The standard InChI is InChI=1S/C31H46N2O7/c1-7-10-16-32(17-11-8-2)27(34)20-33-19-23(22-12-14-25-26(18-22)39-21-38-25)29(30(36)37-9-3)24(33)13-15-28(35)40-31(4,5)6/h12-15,18,23-24,29H,7-11,16-17,19-21H2,1-6H3/t23-,24-,29+/m1/s1. The number of ether oxygens (including phenoxy) is 4. The van der Waals surface area contributed by atoms with Crippen molar-refractivity contribution < 1.29 is 33.3 Å². The zero-order chi connectivity index (χ0) is 29.3. The third kappa shape index (κ3) is 8.46. The van der Waals surface area contributed by atoms with E-state index in [4.69, 9.17) is 18.9 Å². The van der Waals surface area contributed by atoms with Gasteiger partial charge in [0, 0.05) is 37.7 Å². The maximum Gasteiger partial charge on any atom is 0.330 e. The Morgan fingerprint density at radius 3 is 2.35 bits per heavy atom. The van der Waals surface area contributed by atoms with Crippen molar-refractivity contribution in [2.45, 2.75) is 84.8 Å². The fourth-order valence-electron chi connectivity index (χ4n) is 5.21. The molecule has 2 aliphatic rings. The Balaban J connectivity index is 1.96. The first-order valence-corrected chi connectivity index (χ1v) is 14.6. The van der Waals surface area contributed by atoms with Gasteiger partial charge in [-0.2, -0.15) is 0 Å². The normalized spacial score (nSPS) is 20.6. The van der Waals surface area contributed by atoms with Crippen LogP contribution in [0.4, 0.5) is 0 Å². The van der Waals surface area contributed by atoms with Crippen LogP contribution in [0.25, 0.3) is 0 Å². The van der Waals surface area contributed by atoms with Crippen molar-refractivity contribution >= 4 is 17.8 Å². The molecule has 1 aromatic carbocycles. The Labute approximate surface area is 238 Å². The predicted octanol–water partition coefficient (Wildman–Crippen LogP) is 4.69. The number of likely N-dealkylation sites (tertiary alicyclic amines) is 1. The van der Waals surface area contributed by atoms with E-state index >= 15 is 0 Å². The van der Waals surface area contributed by atoms with Crippen LogP contribution in [0.2, 0.25) is 0 Å². The van der Waals surface area contributed by atoms with Gasteiger partial charge in [-0.1, -0.05) is 38.8 Å². The summed E-state index contributed by atoms with van der Waals surface area (Å²) in [6.45, 7) is 13.8. The van der Waals surface area contributed by atoms with Crippen molar-refractivity contribution in [3.8, 4) is 11.5 Å². The van der Waals surface area contributed by atoms with E-state index in [2.05, 4.69) is 13.8 Å². The number of hydrogen-bond donors (Lipinski definition) is 0. The van der Waals surface area contributed by atoms with Gasteiger partial charge in [-0.25, -0.2) is 4.79 Å². The van der Waals surface area contributed by atoms with Crippen LogP contribution >= 0.6 is 0 Å². The highest BCUT2D eigenvalue weighted by atomic mass is 16.7. The highest BCUT2D eigenvalue weighted by Gasteiger charge is 2.47. The van der Waals surface area contributed by atoms with Gasteiger partial charge in [-0.05, 0) is 58.2 Å². The summed E-state index contributed by atoms with van der Waals surface area (Å²) >= 11 is 0. The van der Waals surface area contributed by atoms with Crippen LogP contribution in [0.15, 0.2) is 30.4 Å². The monoisotopic (exact) mass is 558 g/mol. The maximum absolute atomic E-state index is 13.6. The van der Waals surface area contributed by atoms with E-state index in [0.717, 1.165) is 31.2 Å². The topological polar surface area (TPSA) is 94.6 Å². The quantitative estimate of drug-likeness (QED) is 0.254. The van der Waals surface area contributed by atoms with Gasteiger partial charge >= 0.3 is 11.9 Å². The molecule has 9 nitrogen and oxygen atoms in total. The fourth-order valence-corrected chi connectivity index (χ4v) is 5.21. The lowest BCUT2D eigenvalue weighted by Gasteiger charge is -2.28. The van der Waals surface area contributed by atoms with E-state index in [1.165, 1.54) is 6.08 Å². The van der Waals surface area contributed by atoms with E-state index in [-0.39, 0.29) is 37.7 Å². The minimum atomic E-state index is -0.651. The summed E-state index contributed by atoms with van der Waals surface area (Å²) in [5, 5.41) is 0. The van der Waals surface area contributed by atoms with Gasteiger partial charge in [-0.15, -0.1) is 0 Å². The number of carbonyl (C=O) groups is 3. The second-order valence-electron chi connectivity index (χ2n) is 11.4. The van der Waals surface area contributed by atoms with Crippen LogP contribution in [0.3, 0.4) is 0 Å². The lowest BCUT2D eigenvalue weighted by Crippen LogP contribution is -2.44. The molecule has 0 N–H and O–H groups in total. The molecule has 0 spiro atoms. The average Bonchev–Trinajstić information content (AvgIpc) is 3.50. The second kappa shape index (κ2) is 14.5. The van der Waals surface area contributed by atoms with Crippen molar-refractivity contribution in [3.63, 3.8) is 0 Å². The number of hydrogen-bond acceptors (Lipinski definition) is 8. The van der Waals surface area contributed by atoms with Crippen LogP contribution in [0, 0.1) is 5.92 Å². The molecule has 40 heavy (non-hydrogen) atoms. The van der Waals surface area contributed by atoms with Gasteiger partial charge in [0.2, 0.25) is 12.7 Å². The van der Waals surface area contributed by atoms with E-state index in [9.17, 15) is 14.4 Å². The molecule has 9 heteroatoms. The Morgan fingerprint density at radius 2 is 1.73 bits per heavy atom. The van der Waals surface area contributed by atoms with E-state index in [1.807, 2.05) is 28.0 Å². The molecule has 2 heterocycles. The van der Waals surface area contributed by atoms with Crippen LogP contribution in [-0.2, 0) is 23.9 Å². The Bertz CT molecular complexity index is 1040. The van der Waals surface area contributed by atoms with Crippen molar-refractivity contribution in [3.05, 3.63) is 35.9 Å². The molecule has 3 rings (SSSR count). The summed E-state index contributed by atoms with van der Waals surface area (Å²) in [5.41, 5.74) is 0.239. The third-order valence-corrected chi connectivity index (χ3v) is 7.13. The van der Waals surface area contributed by atoms with Crippen LogP contribution in [0.5, 0.6) is 11.5 Å². The minimum Gasteiger partial charge on any atom is -0.466 e. The van der Waals surface area contributed by atoms with Gasteiger partial charge in [0.05, 0.1) is 19.1 Å². The molecule has 222 valence electrons. The second-order valence-corrected chi connectivity index (χ2v) is 11.4. The first kappa shape index (κ1) is 31.5. The number of amides is 1. The van der Waals surface area contributed by atoms with Crippen molar-refractivity contribution in [1.82, 2.24) is 9.80 Å². The van der Waals surface area contributed by atoms with Crippen LogP contribution < -0.4 is 9.47 Å². The highest BCUT2D eigenvalue weighted by Crippen LogP contribution is 2.42. The van der Waals surface area contributed by atoms with Crippen LogP contribution in [0.1, 0.15) is 78.7 Å². The highest BCUT2D eigenvalue weighted by molar-refractivity contribution is 5.83. The summed E-state index contributed by atoms with van der Waals surface area (Å²) in [4.78, 5) is 43.6. The van der Waals surface area contributed by atoms with E-state index < -0.39 is 23.5 Å². The minimum absolute atomic E-state index is 0.0199. The number of fused-ring (bicyclic) bond motifs is 1. The predicted molar refractivity (Wildman–Crippen MR) is 152 cm³/mol. The number of esters is 2. The van der Waals surface area contributed by atoms with Gasteiger partial charge in [0.25, 0.3) is 0 Å². The molecule has 1 amide bonds. The molecule has 1 fully saturated rings. The first-order valence-electron chi connectivity index (χ1n) is 14.6. The molecule has 0 aromatic heterocycles. The molecular formula is C31H46N2O7. The molecule has 3 atom stereocenters. The Hall–Kier alpha value is -3.07. The first-order chi connectivity index (χ1) is 19.1. The SMILES string of the molecule is CCCCN(CCCC)C(=O)CN1C[C@H](c2ccc3c(c2)OCO3)[C@H](C(=O)OCC)[C@H]1C=CC(=O)OC(C)(C)C. The molecule has 0 bridgehead atoms. The number of carbonyl (C=O) groups excluding carboxylic acids is 3. The molecule has 2 aliphatic heterocycles. The van der Waals surface area contributed by atoms with E-state index in [1.54, 1.807) is 33.8 Å². The summed E-state index contributed by atoms with van der Waals surface area (Å²) in [5.74, 6) is -0.480. The summed E-state index contributed by atoms with van der Waals surface area (Å²) < 4.78 is 22.1. The largest absolute Gasteiger partial charge is 0.466 e. The van der Waals surface area contributed by atoms with E-state index in [0.29, 0.717) is 31.1 Å². The Morgan fingerprint density at radius 1 is 1.05 bits per heavy atom. The number of benzene rings is 1. The van der Waals surface area contributed by atoms with Crippen molar-refractivity contribution in [1.29, 1.82) is 0 Å². The lowest BCUT2D eigenvalue weighted by atomic mass is 9.85. The average molecular weight is 559 g/mol. The molecule has 0 saturated carbocycles. The van der Waals surface area contributed by atoms with Gasteiger partial charge < -0.3 is 23.8 Å². The molecular weight excluding hydrogens is 512 g/mol. The number of nitrogens with zero attached hydrogens (tertiary/aromatic N) is 2. The number of unbranched alkanes of at least 4 members (excludes halogenated alkanes) is 2. The summed E-state index contributed by atoms with van der Waals surface area (Å²) in [6.07, 6.45) is 6.92. The van der Waals surface area contributed by atoms with Gasteiger partial charge in [-0.3, -0.25) is 14.5 Å². The molecule has 0 unspecified atom stereocenters. The summed E-state index contributed by atoms with van der Waals surface area (Å²) in [6, 6.07) is 5.13. The zero-order valence-electron chi connectivity index (χ0n) is 24.9. The molecule has 1 saturated heterocycles. The zero-order valence-corrected chi connectivity index (χ0v) is 24.9. The third-order valence-electron chi connectivity index (χ3n) is 7.13. The molecule has 0 radical (unpaired) electrons. The van der Waals surface area contributed by atoms with Crippen molar-refractivity contribution in [2.75, 3.05) is 39.6 Å². The lowest BCUT2D eigenvalue weighted by molar-refractivity contribution is -0.150. The summed E-state index contributed by atoms with van der Waals surface area (Å²) in [7, 11) is 0. The smallest absolute Gasteiger partial charge is 0.330 e. The maximum atomic E-state index is 13.6. The molecule has 0 aliphatic carbocycles. The van der Waals surface area contributed by atoms with Crippen LogP contribution in [-0.4, -0.2) is 78.9 Å². The number of rotatable bonds is 13. The van der Waals surface area contributed by atoms with Crippen molar-refractivity contribution in [2.24, 2.45) is 5.92 Å². The Kier molecular flexibility index (Phi) is 11.4. The van der Waals surface area contributed by atoms with Gasteiger partial charge in [0.15, 0.2) is 11.5 Å². The fraction of sp³-hybridized carbons (Fsp3) is 0.645.